The van der Waals surface area contributed by atoms with Crippen LogP contribution in [0.5, 0.6) is 0 Å². The summed E-state index contributed by atoms with van der Waals surface area (Å²) in [4.78, 5) is 11.8. The molecule has 0 radical (unpaired) electrons. The summed E-state index contributed by atoms with van der Waals surface area (Å²) in [6.07, 6.45) is -3.15. The number of amides is 1. The van der Waals surface area contributed by atoms with Gasteiger partial charge in [-0.05, 0) is 23.6 Å². The lowest BCUT2D eigenvalue weighted by atomic mass is 10.0. The number of benzene rings is 1. The molecule has 0 aliphatic carbocycles. The van der Waals surface area contributed by atoms with E-state index in [1.165, 1.54) is 18.2 Å². The monoisotopic (exact) mass is 271 g/mol. The second-order valence-electron chi connectivity index (χ2n) is 4.61. The first-order valence-corrected chi connectivity index (χ1v) is 5.87. The zero-order valence-corrected chi connectivity index (χ0v) is 10.8. The fourth-order valence-corrected chi connectivity index (χ4v) is 1.52. The van der Waals surface area contributed by atoms with Crippen LogP contribution in [0.4, 0.5) is 13.2 Å². The molecule has 0 saturated heterocycles. The molecule has 19 heavy (non-hydrogen) atoms. The first kappa shape index (κ1) is 15.3. The highest BCUT2D eigenvalue weighted by Crippen LogP contribution is 2.32. The van der Waals surface area contributed by atoms with Crippen molar-refractivity contribution in [2.24, 2.45) is 5.92 Å². The highest BCUT2D eigenvalue weighted by molar-refractivity contribution is 5.96. The van der Waals surface area contributed by atoms with Crippen molar-refractivity contribution in [3.8, 4) is 0 Å². The number of carbonyl (C=O) groups is 1. The van der Waals surface area contributed by atoms with Crippen molar-refractivity contribution in [3.05, 3.63) is 41.5 Å². The van der Waals surface area contributed by atoms with Crippen LogP contribution in [-0.2, 0) is 6.18 Å². The highest BCUT2D eigenvalue weighted by Gasteiger charge is 2.35. The Bertz CT molecular complexity index is 478. The van der Waals surface area contributed by atoms with Gasteiger partial charge in [-0.15, -0.1) is 0 Å². The maximum atomic E-state index is 12.8. The van der Waals surface area contributed by atoms with Gasteiger partial charge >= 0.3 is 6.18 Å². The average molecular weight is 271 g/mol. The normalized spacial score (nSPS) is 11.5. The molecule has 0 heterocycles. The average Bonchev–Trinajstić information content (AvgIpc) is 2.33. The zero-order valence-electron chi connectivity index (χ0n) is 10.8. The first-order valence-electron chi connectivity index (χ1n) is 5.87. The van der Waals surface area contributed by atoms with Crippen LogP contribution in [0, 0.1) is 5.92 Å². The Balaban J connectivity index is 3.14. The van der Waals surface area contributed by atoms with Crippen molar-refractivity contribution >= 4 is 12.0 Å². The molecule has 0 fully saturated rings. The van der Waals surface area contributed by atoms with Crippen LogP contribution < -0.4 is 5.32 Å². The molecule has 104 valence electrons. The summed E-state index contributed by atoms with van der Waals surface area (Å²) in [7, 11) is 0. The van der Waals surface area contributed by atoms with Gasteiger partial charge in [-0.25, -0.2) is 0 Å². The SMILES string of the molecule is C=Cc1ccc(C(F)(F)F)c(C(=O)NCC(C)C)c1. The van der Waals surface area contributed by atoms with E-state index >= 15 is 0 Å². The Hall–Kier alpha value is -1.78. The highest BCUT2D eigenvalue weighted by atomic mass is 19.4. The summed E-state index contributed by atoms with van der Waals surface area (Å²) in [5, 5.41) is 2.49. The van der Waals surface area contributed by atoms with Crippen LogP contribution in [0.1, 0.15) is 35.3 Å². The van der Waals surface area contributed by atoms with E-state index in [-0.39, 0.29) is 11.5 Å². The van der Waals surface area contributed by atoms with Gasteiger partial charge in [-0.1, -0.05) is 32.6 Å². The van der Waals surface area contributed by atoms with Crippen molar-refractivity contribution in [1.82, 2.24) is 5.32 Å². The summed E-state index contributed by atoms with van der Waals surface area (Å²) in [5.74, 6) is -0.550. The van der Waals surface area contributed by atoms with Gasteiger partial charge in [0.05, 0.1) is 11.1 Å². The molecule has 1 aromatic carbocycles. The molecule has 0 aliphatic rings. The summed E-state index contributed by atoms with van der Waals surface area (Å²) >= 11 is 0. The van der Waals surface area contributed by atoms with E-state index in [2.05, 4.69) is 11.9 Å². The molecule has 0 unspecified atom stereocenters. The Morgan fingerprint density at radius 3 is 2.53 bits per heavy atom. The molecule has 1 aromatic rings. The van der Waals surface area contributed by atoms with E-state index in [1.807, 2.05) is 13.8 Å². The summed E-state index contributed by atoms with van der Waals surface area (Å²) in [5.41, 5.74) is -0.826. The predicted molar refractivity (Wildman–Crippen MR) is 68.7 cm³/mol. The minimum absolute atomic E-state index is 0.167. The van der Waals surface area contributed by atoms with Crippen molar-refractivity contribution in [2.45, 2.75) is 20.0 Å². The van der Waals surface area contributed by atoms with E-state index in [1.54, 1.807) is 0 Å². The van der Waals surface area contributed by atoms with Crippen molar-refractivity contribution in [1.29, 1.82) is 0 Å². The molecule has 0 aliphatic heterocycles. The Kier molecular flexibility index (Phi) is 4.75. The second-order valence-corrected chi connectivity index (χ2v) is 4.61. The number of alkyl halides is 3. The lowest BCUT2D eigenvalue weighted by Crippen LogP contribution is -2.29. The van der Waals surface area contributed by atoms with Crippen molar-refractivity contribution in [2.75, 3.05) is 6.54 Å². The van der Waals surface area contributed by atoms with Gasteiger partial charge < -0.3 is 5.32 Å². The smallest absolute Gasteiger partial charge is 0.352 e. The number of hydrogen-bond donors (Lipinski definition) is 1. The van der Waals surface area contributed by atoms with E-state index in [0.29, 0.717) is 12.1 Å². The largest absolute Gasteiger partial charge is 0.417 e. The summed E-state index contributed by atoms with van der Waals surface area (Å²) in [6.45, 7) is 7.54. The first-order chi connectivity index (χ1) is 8.75. The number of rotatable bonds is 4. The van der Waals surface area contributed by atoms with Crippen molar-refractivity contribution < 1.29 is 18.0 Å². The Morgan fingerprint density at radius 2 is 2.05 bits per heavy atom. The van der Waals surface area contributed by atoms with Crippen LogP contribution in [-0.4, -0.2) is 12.5 Å². The number of hydrogen-bond acceptors (Lipinski definition) is 1. The Labute approximate surface area is 110 Å². The van der Waals surface area contributed by atoms with Crippen LogP contribution in [0.15, 0.2) is 24.8 Å². The standard InChI is InChI=1S/C14H16F3NO/c1-4-10-5-6-12(14(15,16)17)11(7-10)13(19)18-8-9(2)3/h4-7,9H,1,8H2,2-3H3,(H,18,19). The number of halogens is 3. The lowest BCUT2D eigenvalue weighted by molar-refractivity contribution is -0.137. The maximum absolute atomic E-state index is 12.8. The molecular weight excluding hydrogens is 255 g/mol. The van der Waals surface area contributed by atoms with Crippen LogP contribution in [0.3, 0.4) is 0 Å². The van der Waals surface area contributed by atoms with E-state index in [9.17, 15) is 18.0 Å². The van der Waals surface area contributed by atoms with Gasteiger partial charge in [0.2, 0.25) is 0 Å². The molecule has 1 amide bonds. The van der Waals surface area contributed by atoms with Crippen LogP contribution in [0.2, 0.25) is 0 Å². The molecule has 2 nitrogen and oxygen atoms in total. The summed E-state index contributed by atoms with van der Waals surface area (Å²) in [6, 6.07) is 3.39. The molecule has 1 N–H and O–H groups in total. The minimum atomic E-state index is -4.55. The van der Waals surface area contributed by atoms with Gasteiger partial charge in [0.25, 0.3) is 5.91 Å². The minimum Gasteiger partial charge on any atom is -0.352 e. The van der Waals surface area contributed by atoms with Crippen molar-refractivity contribution in [3.63, 3.8) is 0 Å². The van der Waals surface area contributed by atoms with E-state index in [4.69, 9.17) is 0 Å². The van der Waals surface area contributed by atoms with E-state index < -0.39 is 17.6 Å². The van der Waals surface area contributed by atoms with Gasteiger partial charge in [0.15, 0.2) is 0 Å². The van der Waals surface area contributed by atoms with E-state index in [0.717, 1.165) is 6.07 Å². The molecule has 0 aromatic heterocycles. The lowest BCUT2D eigenvalue weighted by Gasteiger charge is -2.14. The van der Waals surface area contributed by atoms with Gasteiger partial charge in [0, 0.05) is 6.54 Å². The molecule has 0 atom stereocenters. The molecule has 0 spiro atoms. The van der Waals surface area contributed by atoms with Crippen LogP contribution >= 0.6 is 0 Å². The molecule has 0 saturated carbocycles. The fraction of sp³-hybridized carbons (Fsp3) is 0.357. The second kappa shape index (κ2) is 5.91. The van der Waals surface area contributed by atoms with Gasteiger partial charge in [0.1, 0.15) is 0 Å². The number of nitrogens with one attached hydrogen (secondary N) is 1. The molecule has 5 heteroatoms. The topological polar surface area (TPSA) is 29.1 Å². The number of carbonyl (C=O) groups excluding carboxylic acids is 1. The quantitative estimate of drug-likeness (QED) is 0.888. The fourth-order valence-electron chi connectivity index (χ4n) is 1.52. The third kappa shape index (κ3) is 4.12. The maximum Gasteiger partial charge on any atom is 0.417 e. The zero-order chi connectivity index (χ0) is 14.6. The summed E-state index contributed by atoms with van der Waals surface area (Å²) < 4.78 is 38.5. The third-order valence-electron chi connectivity index (χ3n) is 2.50. The Morgan fingerprint density at radius 1 is 1.42 bits per heavy atom. The van der Waals surface area contributed by atoms with Crippen LogP contribution in [0.25, 0.3) is 6.08 Å². The molecular formula is C14H16F3NO. The third-order valence-corrected chi connectivity index (χ3v) is 2.50. The molecule has 1 rings (SSSR count). The molecule has 0 bridgehead atoms. The van der Waals surface area contributed by atoms with Gasteiger partial charge in [-0.3, -0.25) is 4.79 Å². The van der Waals surface area contributed by atoms with Gasteiger partial charge in [-0.2, -0.15) is 13.2 Å². The predicted octanol–water partition coefficient (Wildman–Crippen LogP) is 3.73.